The summed E-state index contributed by atoms with van der Waals surface area (Å²) in [4.78, 5) is 33.0. The first-order valence-corrected chi connectivity index (χ1v) is 13.9. The van der Waals surface area contributed by atoms with E-state index >= 15 is 0 Å². The molecule has 0 radical (unpaired) electrons. The molecule has 0 saturated heterocycles. The average molecular weight is 582 g/mol. The summed E-state index contributed by atoms with van der Waals surface area (Å²) in [5.41, 5.74) is 2.39. The van der Waals surface area contributed by atoms with E-state index in [9.17, 15) is 9.59 Å². The molecule has 212 valence electrons. The van der Waals surface area contributed by atoms with Crippen LogP contribution in [-0.2, 0) is 9.53 Å². The lowest BCUT2D eigenvalue weighted by molar-refractivity contribution is -0.138. The molecule has 0 bridgehead atoms. The van der Waals surface area contributed by atoms with E-state index in [0.717, 1.165) is 0 Å². The summed E-state index contributed by atoms with van der Waals surface area (Å²) in [6.07, 6.45) is 1.74. The van der Waals surface area contributed by atoms with E-state index in [1.54, 1.807) is 56.5 Å². The van der Waals surface area contributed by atoms with Crippen LogP contribution in [0.2, 0.25) is 0 Å². The molecule has 0 spiro atoms. The van der Waals surface area contributed by atoms with E-state index in [-0.39, 0.29) is 24.3 Å². The summed E-state index contributed by atoms with van der Waals surface area (Å²) in [7, 11) is 3.07. The summed E-state index contributed by atoms with van der Waals surface area (Å²) in [6.45, 7) is 1.79. The van der Waals surface area contributed by atoms with Crippen LogP contribution >= 0.6 is 11.3 Å². The number of nitriles is 1. The summed E-state index contributed by atoms with van der Waals surface area (Å²) in [5, 5.41) is 8.85. The van der Waals surface area contributed by atoms with Crippen molar-refractivity contribution in [1.82, 2.24) is 4.57 Å². The number of benzene rings is 3. The molecule has 2 heterocycles. The smallest absolute Gasteiger partial charge is 0.338 e. The second-order valence-corrected chi connectivity index (χ2v) is 10.1. The Bertz CT molecular complexity index is 1890. The van der Waals surface area contributed by atoms with Gasteiger partial charge in [0.25, 0.3) is 5.56 Å². The van der Waals surface area contributed by atoms with E-state index in [4.69, 9.17) is 29.2 Å². The number of ether oxygens (including phenoxy) is 4. The number of rotatable bonds is 9. The lowest BCUT2D eigenvalue weighted by Gasteiger charge is -2.26. The van der Waals surface area contributed by atoms with Crippen LogP contribution in [0, 0.1) is 11.3 Å². The van der Waals surface area contributed by atoms with Gasteiger partial charge < -0.3 is 18.9 Å². The maximum Gasteiger partial charge on any atom is 0.338 e. The van der Waals surface area contributed by atoms with Crippen LogP contribution < -0.4 is 29.1 Å². The molecule has 42 heavy (non-hydrogen) atoms. The predicted octanol–water partition coefficient (Wildman–Crippen LogP) is 3.86. The molecule has 1 aromatic heterocycles. The van der Waals surface area contributed by atoms with Crippen molar-refractivity contribution in [3.8, 4) is 23.3 Å². The fourth-order valence-electron chi connectivity index (χ4n) is 4.74. The highest BCUT2D eigenvalue weighted by Crippen LogP contribution is 2.38. The second kappa shape index (κ2) is 12.6. The number of esters is 1. The third kappa shape index (κ3) is 5.55. The first kappa shape index (κ1) is 28.4. The number of methoxy groups -OCH3 is 2. The number of carbonyl (C=O) groups excluding carboxylic acids is 1. The summed E-state index contributed by atoms with van der Waals surface area (Å²) in [6, 6.07) is 22.8. The number of aromatic nitrogens is 1. The van der Waals surface area contributed by atoms with Gasteiger partial charge in [0.05, 0.1) is 42.7 Å². The Morgan fingerprint density at radius 3 is 2.55 bits per heavy atom. The van der Waals surface area contributed by atoms with E-state index in [2.05, 4.69) is 0 Å². The standard InChI is InChI=1S/C32H27N3O6S/c1-4-40-31(37)27-28(21-10-6-5-7-11-21)34-32-35(29(27)22-13-14-24(38-2)25(19-22)39-3)30(36)26(42-32)18-20-9-8-12-23(17-20)41-16-15-33/h5-14,17-19,29H,4,16H2,1-3H3/b26-18-/t29-/m0/s1. The number of hydrogen-bond acceptors (Lipinski definition) is 9. The van der Waals surface area contributed by atoms with Crippen molar-refractivity contribution in [2.75, 3.05) is 27.4 Å². The fourth-order valence-corrected chi connectivity index (χ4v) is 5.74. The molecule has 5 rings (SSSR count). The molecule has 0 unspecified atom stereocenters. The van der Waals surface area contributed by atoms with Crippen LogP contribution in [0.25, 0.3) is 11.8 Å². The number of nitrogens with zero attached hydrogens (tertiary/aromatic N) is 3. The molecule has 0 amide bonds. The van der Waals surface area contributed by atoms with Crippen LogP contribution in [0.1, 0.15) is 29.7 Å². The molecule has 10 heteroatoms. The van der Waals surface area contributed by atoms with Crippen molar-refractivity contribution in [1.29, 1.82) is 5.26 Å². The minimum absolute atomic E-state index is 0.0874. The van der Waals surface area contributed by atoms with Gasteiger partial charge in [0.1, 0.15) is 11.8 Å². The molecule has 4 aromatic rings. The molecular weight excluding hydrogens is 554 g/mol. The van der Waals surface area contributed by atoms with Crippen LogP contribution in [0.4, 0.5) is 0 Å². The zero-order valence-corrected chi connectivity index (χ0v) is 24.0. The summed E-state index contributed by atoms with van der Waals surface area (Å²) >= 11 is 1.21. The van der Waals surface area contributed by atoms with Crippen molar-refractivity contribution < 1.29 is 23.7 Å². The zero-order valence-electron chi connectivity index (χ0n) is 23.2. The molecule has 3 aromatic carbocycles. The lowest BCUT2D eigenvalue weighted by Crippen LogP contribution is -2.40. The van der Waals surface area contributed by atoms with Gasteiger partial charge in [-0.1, -0.05) is 59.9 Å². The van der Waals surface area contributed by atoms with E-state index in [1.807, 2.05) is 42.5 Å². The molecule has 1 atom stereocenters. The van der Waals surface area contributed by atoms with Gasteiger partial charge in [-0.05, 0) is 48.4 Å². The van der Waals surface area contributed by atoms with Crippen molar-refractivity contribution in [3.63, 3.8) is 0 Å². The molecule has 0 N–H and O–H groups in total. The molecule has 9 nitrogen and oxygen atoms in total. The van der Waals surface area contributed by atoms with Gasteiger partial charge in [-0.3, -0.25) is 9.36 Å². The molecule has 0 fully saturated rings. The highest BCUT2D eigenvalue weighted by atomic mass is 32.1. The minimum atomic E-state index is -0.859. The van der Waals surface area contributed by atoms with Crippen LogP contribution in [-0.4, -0.2) is 38.0 Å². The Hall–Kier alpha value is -5.14. The second-order valence-electron chi connectivity index (χ2n) is 9.07. The Balaban J connectivity index is 1.79. The molecule has 0 saturated carbocycles. The van der Waals surface area contributed by atoms with Gasteiger partial charge in [-0.2, -0.15) is 5.26 Å². The zero-order chi connectivity index (χ0) is 29.6. The van der Waals surface area contributed by atoms with Crippen molar-refractivity contribution in [3.05, 3.63) is 115 Å². The monoisotopic (exact) mass is 581 g/mol. The topological polar surface area (TPSA) is 112 Å². The first-order chi connectivity index (χ1) is 20.5. The Morgan fingerprint density at radius 2 is 1.83 bits per heavy atom. The SMILES string of the molecule is CCOC(=O)C1=C(c2ccccc2)N=c2s/c(=C\c3cccc(OCC#N)c3)c(=O)n2[C@H]1c1ccc(OC)c(OC)c1. The summed E-state index contributed by atoms with van der Waals surface area (Å²) < 4.78 is 23.9. The highest BCUT2D eigenvalue weighted by molar-refractivity contribution is 7.07. The Morgan fingerprint density at radius 1 is 1.05 bits per heavy atom. The van der Waals surface area contributed by atoms with Gasteiger partial charge in [-0.15, -0.1) is 0 Å². The minimum Gasteiger partial charge on any atom is -0.493 e. The lowest BCUT2D eigenvalue weighted by atomic mass is 9.93. The van der Waals surface area contributed by atoms with E-state index < -0.39 is 12.0 Å². The third-order valence-corrected chi connectivity index (χ3v) is 7.54. The number of thiazole rings is 1. The van der Waals surface area contributed by atoms with Gasteiger partial charge in [-0.25, -0.2) is 9.79 Å². The van der Waals surface area contributed by atoms with Crippen LogP contribution in [0.3, 0.4) is 0 Å². The average Bonchev–Trinajstić information content (AvgIpc) is 3.33. The summed E-state index contributed by atoms with van der Waals surface area (Å²) in [5.74, 6) is 0.902. The first-order valence-electron chi connectivity index (χ1n) is 13.1. The fraction of sp³-hybridized carbons (Fsp3) is 0.188. The highest BCUT2D eigenvalue weighted by Gasteiger charge is 2.35. The number of carbonyl (C=O) groups is 1. The maximum atomic E-state index is 14.1. The van der Waals surface area contributed by atoms with Gasteiger partial charge in [0.15, 0.2) is 22.9 Å². The maximum absolute atomic E-state index is 14.1. The van der Waals surface area contributed by atoms with E-state index in [1.165, 1.54) is 23.0 Å². The van der Waals surface area contributed by atoms with Crippen LogP contribution in [0.5, 0.6) is 17.2 Å². The van der Waals surface area contributed by atoms with Crippen LogP contribution in [0.15, 0.2) is 88.2 Å². The quantitative estimate of drug-likeness (QED) is 0.276. The number of hydrogen-bond donors (Lipinski definition) is 0. The third-order valence-electron chi connectivity index (χ3n) is 6.56. The molecule has 1 aliphatic heterocycles. The predicted molar refractivity (Wildman–Crippen MR) is 158 cm³/mol. The van der Waals surface area contributed by atoms with E-state index in [0.29, 0.717) is 49.0 Å². The normalized spacial score (nSPS) is 14.4. The van der Waals surface area contributed by atoms with Gasteiger partial charge in [0, 0.05) is 5.56 Å². The van der Waals surface area contributed by atoms with Crippen molar-refractivity contribution in [2.24, 2.45) is 4.99 Å². The van der Waals surface area contributed by atoms with Crippen molar-refractivity contribution in [2.45, 2.75) is 13.0 Å². The van der Waals surface area contributed by atoms with Crippen molar-refractivity contribution >= 4 is 29.1 Å². The number of fused-ring (bicyclic) bond motifs is 1. The molecular formula is C32H27N3O6S. The molecule has 1 aliphatic rings. The van der Waals surface area contributed by atoms with Gasteiger partial charge >= 0.3 is 5.97 Å². The molecule has 0 aliphatic carbocycles. The van der Waals surface area contributed by atoms with Gasteiger partial charge in [0.2, 0.25) is 0 Å². The largest absolute Gasteiger partial charge is 0.493 e. The Kier molecular flexibility index (Phi) is 8.50. The Labute approximate surface area is 245 Å².